The van der Waals surface area contributed by atoms with E-state index in [2.05, 4.69) is 10.1 Å². The van der Waals surface area contributed by atoms with Gasteiger partial charge in [-0.3, -0.25) is 0 Å². The third-order valence-electron chi connectivity index (χ3n) is 2.01. The molecular weight excluding hydrogens is 249 g/mol. The van der Waals surface area contributed by atoms with Gasteiger partial charge in [-0.1, -0.05) is 0 Å². The Labute approximate surface area is 103 Å². The zero-order valence-corrected chi connectivity index (χ0v) is 9.88. The molecule has 0 unspecified atom stereocenters. The summed E-state index contributed by atoms with van der Waals surface area (Å²) in [5.74, 6) is 0.578. The maximum Gasteiger partial charge on any atom is 0.411 e. The number of rotatable bonds is 6. The van der Waals surface area contributed by atoms with Crippen molar-refractivity contribution >= 4 is 11.4 Å². The molecule has 0 amide bonds. The molecule has 0 radical (unpaired) electrons. The molecule has 0 aliphatic carbocycles. The van der Waals surface area contributed by atoms with Gasteiger partial charge in [0.25, 0.3) is 0 Å². The van der Waals surface area contributed by atoms with Crippen molar-refractivity contribution in [2.45, 2.75) is 6.18 Å². The lowest BCUT2D eigenvalue weighted by Gasteiger charge is -2.10. The number of ether oxygens (including phenoxy) is 2. The van der Waals surface area contributed by atoms with Gasteiger partial charge in [0.1, 0.15) is 12.4 Å². The monoisotopic (exact) mass is 264 g/mol. The normalized spacial score (nSPS) is 11.3. The van der Waals surface area contributed by atoms with Gasteiger partial charge in [0.05, 0.1) is 13.7 Å². The number of nitrogens with one attached hydrogen (secondary N) is 1. The van der Waals surface area contributed by atoms with Crippen LogP contribution in [0.2, 0.25) is 0 Å². The maximum atomic E-state index is 11.8. The largest absolute Gasteiger partial charge is 0.497 e. The third kappa shape index (κ3) is 5.62. The van der Waals surface area contributed by atoms with E-state index in [0.717, 1.165) is 0 Å². The fraction of sp³-hybridized carbons (Fsp3) is 0.455. The van der Waals surface area contributed by atoms with Crippen LogP contribution < -0.4 is 15.8 Å². The number of halogens is 3. The molecule has 102 valence electrons. The Hall–Kier alpha value is -1.63. The highest BCUT2D eigenvalue weighted by Crippen LogP contribution is 2.22. The second kappa shape index (κ2) is 6.34. The minimum absolute atomic E-state index is 0.0450. The van der Waals surface area contributed by atoms with Gasteiger partial charge >= 0.3 is 6.18 Å². The molecule has 0 saturated heterocycles. The van der Waals surface area contributed by atoms with Crippen molar-refractivity contribution in [1.29, 1.82) is 0 Å². The van der Waals surface area contributed by atoms with Crippen molar-refractivity contribution in [3.63, 3.8) is 0 Å². The lowest BCUT2D eigenvalue weighted by atomic mass is 10.2. The molecule has 3 N–H and O–H groups in total. The van der Waals surface area contributed by atoms with E-state index >= 15 is 0 Å². The van der Waals surface area contributed by atoms with E-state index in [1.54, 1.807) is 18.2 Å². The average Bonchev–Trinajstić information content (AvgIpc) is 2.26. The highest BCUT2D eigenvalue weighted by atomic mass is 19.4. The molecule has 0 aliphatic heterocycles. The lowest BCUT2D eigenvalue weighted by molar-refractivity contribution is -0.172. The van der Waals surface area contributed by atoms with Gasteiger partial charge in [0.15, 0.2) is 0 Å². The van der Waals surface area contributed by atoms with Crippen LogP contribution in [0.1, 0.15) is 0 Å². The van der Waals surface area contributed by atoms with Crippen LogP contribution in [0.25, 0.3) is 0 Å². The summed E-state index contributed by atoms with van der Waals surface area (Å²) in [5, 5.41) is 2.89. The van der Waals surface area contributed by atoms with Crippen molar-refractivity contribution in [2.24, 2.45) is 0 Å². The molecule has 4 nitrogen and oxygen atoms in total. The van der Waals surface area contributed by atoms with Gasteiger partial charge in [0.2, 0.25) is 0 Å². The van der Waals surface area contributed by atoms with Crippen LogP contribution >= 0.6 is 0 Å². The SMILES string of the molecule is COc1cc(N)cc(NCCOCC(F)(F)F)c1. The summed E-state index contributed by atoms with van der Waals surface area (Å²) >= 11 is 0. The first kappa shape index (κ1) is 14.4. The summed E-state index contributed by atoms with van der Waals surface area (Å²) in [7, 11) is 1.50. The topological polar surface area (TPSA) is 56.5 Å². The summed E-state index contributed by atoms with van der Waals surface area (Å²) in [4.78, 5) is 0. The molecule has 7 heteroatoms. The van der Waals surface area contributed by atoms with Crippen molar-refractivity contribution in [3.05, 3.63) is 18.2 Å². The molecule has 0 fully saturated rings. The molecule has 18 heavy (non-hydrogen) atoms. The van der Waals surface area contributed by atoms with E-state index in [9.17, 15) is 13.2 Å². The van der Waals surface area contributed by atoms with Gasteiger partial charge in [-0.25, -0.2) is 0 Å². The Morgan fingerprint density at radius 3 is 2.61 bits per heavy atom. The van der Waals surface area contributed by atoms with E-state index < -0.39 is 12.8 Å². The second-order valence-corrected chi connectivity index (χ2v) is 3.59. The van der Waals surface area contributed by atoms with Crippen molar-refractivity contribution < 1.29 is 22.6 Å². The first-order valence-corrected chi connectivity index (χ1v) is 5.23. The number of alkyl halides is 3. The van der Waals surface area contributed by atoms with E-state index in [0.29, 0.717) is 17.1 Å². The van der Waals surface area contributed by atoms with Crippen LogP contribution in [0.15, 0.2) is 18.2 Å². The minimum atomic E-state index is -4.29. The number of nitrogens with two attached hydrogens (primary N) is 1. The molecule has 0 aliphatic rings. The number of hydrogen-bond acceptors (Lipinski definition) is 4. The predicted molar refractivity (Wildman–Crippen MR) is 62.8 cm³/mol. The van der Waals surface area contributed by atoms with Gasteiger partial charge in [-0.2, -0.15) is 13.2 Å². The molecule has 1 aromatic carbocycles. The molecule has 0 saturated carbocycles. The zero-order valence-electron chi connectivity index (χ0n) is 9.88. The van der Waals surface area contributed by atoms with Crippen LogP contribution in [0.4, 0.5) is 24.5 Å². The molecule has 1 aromatic rings. The molecule has 0 aromatic heterocycles. The Balaban J connectivity index is 2.33. The predicted octanol–water partition coefficient (Wildman–Crippen LogP) is 2.27. The first-order valence-electron chi connectivity index (χ1n) is 5.23. The van der Waals surface area contributed by atoms with Crippen LogP contribution in [-0.4, -0.2) is 33.0 Å². The van der Waals surface area contributed by atoms with E-state index in [1.807, 2.05) is 0 Å². The minimum Gasteiger partial charge on any atom is -0.497 e. The maximum absolute atomic E-state index is 11.8. The second-order valence-electron chi connectivity index (χ2n) is 3.59. The first-order chi connectivity index (χ1) is 8.40. The van der Waals surface area contributed by atoms with Crippen LogP contribution in [0, 0.1) is 0 Å². The van der Waals surface area contributed by atoms with E-state index in [-0.39, 0.29) is 13.2 Å². The summed E-state index contributed by atoms with van der Waals surface area (Å²) in [6.07, 6.45) is -4.29. The Morgan fingerprint density at radius 1 is 1.28 bits per heavy atom. The molecule has 0 heterocycles. The summed E-state index contributed by atoms with van der Waals surface area (Å²) in [5.41, 5.74) is 6.80. The molecule has 0 bridgehead atoms. The Kier molecular flexibility index (Phi) is 5.08. The average molecular weight is 264 g/mol. The smallest absolute Gasteiger partial charge is 0.411 e. The van der Waals surface area contributed by atoms with Crippen LogP contribution in [0.3, 0.4) is 0 Å². The van der Waals surface area contributed by atoms with Crippen LogP contribution in [-0.2, 0) is 4.74 Å². The van der Waals surface area contributed by atoms with Gasteiger partial charge in [-0.05, 0) is 6.07 Å². The molecule has 0 spiro atoms. The van der Waals surface area contributed by atoms with Gasteiger partial charge in [0, 0.05) is 30.1 Å². The Bertz CT molecular complexity index is 383. The fourth-order valence-corrected chi connectivity index (χ4v) is 1.30. The Morgan fingerprint density at radius 2 is 2.00 bits per heavy atom. The molecule has 0 atom stereocenters. The number of hydrogen-bond donors (Lipinski definition) is 2. The van der Waals surface area contributed by atoms with E-state index in [4.69, 9.17) is 10.5 Å². The van der Waals surface area contributed by atoms with Crippen molar-refractivity contribution in [3.8, 4) is 5.75 Å². The zero-order chi connectivity index (χ0) is 13.6. The van der Waals surface area contributed by atoms with Gasteiger partial charge < -0.3 is 20.5 Å². The third-order valence-corrected chi connectivity index (χ3v) is 2.01. The molecular formula is C11H15F3N2O2. The summed E-state index contributed by atoms with van der Waals surface area (Å²) in [6.45, 7) is -1.03. The fourth-order valence-electron chi connectivity index (χ4n) is 1.30. The molecule has 1 rings (SSSR count). The van der Waals surface area contributed by atoms with E-state index in [1.165, 1.54) is 7.11 Å². The lowest BCUT2D eigenvalue weighted by Crippen LogP contribution is -2.20. The van der Waals surface area contributed by atoms with Crippen molar-refractivity contribution in [1.82, 2.24) is 0 Å². The van der Waals surface area contributed by atoms with Crippen LogP contribution in [0.5, 0.6) is 5.75 Å². The highest BCUT2D eigenvalue weighted by Gasteiger charge is 2.27. The highest BCUT2D eigenvalue weighted by molar-refractivity contribution is 5.59. The van der Waals surface area contributed by atoms with Crippen molar-refractivity contribution in [2.75, 3.05) is 37.9 Å². The number of benzene rings is 1. The number of anilines is 2. The van der Waals surface area contributed by atoms with Gasteiger partial charge in [-0.15, -0.1) is 0 Å². The number of methoxy groups -OCH3 is 1. The number of nitrogen functional groups attached to an aromatic ring is 1. The summed E-state index contributed by atoms with van der Waals surface area (Å²) < 4.78 is 44.8. The quantitative estimate of drug-likeness (QED) is 0.611. The standard InChI is InChI=1S/C11H15F3N2O2/c1-17-10-5-8(15)4-9(6-10)16-2-3-18-7-11(12,13)14/h4-6,16H,2-3,7,15H2,1H3. The summed E-state index contributed by atoms with van der Waals surface area (Å²) in [6, 6.07) is 5.00.